The highest BCUT2D eigenvalue weighted by Crippen LogP contribution is 2.33. The molecule has 0 aromatic rings. The zero-order valence-electron chi connectivity index (χ0n) is 19.3. The van der Waals surface area contributed by atoms with Gasteiger partial charge in [0, 0.05) is 6.04 Å². The lowest BCUT2D eigenvalue weighted by atomic mass is 9.77. The van der Waals surface area contributed by atoms with Gasteiger partial charge in [-0.3, -0.25) is 9.69 Å². The van der Waals surface area contributed by atoms with E-state index in [1.807, 2.05) is 0 Å². The molecule has 4 fully saturated rings. The summed E-state index contributed by atoms with van der Waals surface area (Å²) in [5, 5.41) is 16.5. The fourth-order valence-electron chi connectivity index (χ4n) is 5.99. The van der Waals surface area contributed by atoms with Gasteiger partial charge in [0.05, 0.1) is 37.2 Å². The molecule has 0 spiro atoms. The molecule has 2 aliphatic heterocycles. The third-order valence-electron chi connectivity index (χ3n) is 8.00. The molecule has 2 heterocycles. The Morgan fingerprint density at radius 1 is 1.16 bits per heavy atom. The van der Waals surface area contributed by atoms with Gasteiger partial charge in [0.25, 0.3) is 0 Å². The van der Waals surface area contributed by atoms with Gasteiger partial charge < -0.3 is 20.5 Å². The topological polar surface area (TPSA) is 97.9 Å². The Bertz CT molecular complexity index is 594. The molecule has 0 bridgehead atoms. The van der Waals surface area contributed by atoms with Crippen molar-refractivity contribution in [3.05, 3.63) is 0 Å². The van der Waals surface area contributed by atoms with Gasteiger partial charge in [0.2, 0.25) is 5.91 Å². The van der Waals surface area contributed by atoms with Gasteiger partial charge in [-0.15, -0.1) is 0 Å². The molecular formula is C23H43N5O3. The SMILES string of the molecule is C[C@H](CC1NNCN1C)C1CCCC(NC(=O)C2CC(O[C@@H]3CC[C@H](O)C3)CCN2)C1. The first-order valence-electron chi connectivity index (χ1n) is 12.5. The molecule has 0 aromatic heterocycles. The van der Waals surface area contributed by atoms with Crippen molar-refractivity contribution in [1.82, 2.24) is 26.4 Å². The number of carbonyl (C=O) groups is 1. The third-order valence-corrected chi connectivity index (χ3v) is 8.00. The summed E-state index contributed by atoms with van der Waals surface area (Å²) < 4.78 is 6.22. The summed E-state index contributed by atoms with van der Waals surface area (Å²) in [6, 6.07) is 0.124. The predicted octanol–water partition coefficient (Wildman–Crippen LogP) is 1.06. The van der Waals surface area contributed by atoms with E-state index in [0.29, 0.717) is 18.0 Å². The number of aliphatic hydroxyl groups excluding tert-OH is 1. The van der Waals surface area contributed by atoms with Crippen LogP contribution in [-0.4, -0.2) is 72.7 Å². The molecular weight excluding hydrogens is 394 g/mol. The molecule has 4 rings (SSSR count). The van der Waals surface area contributed by atoms with Crippen molar-refractivity contribution in [2.24, 2.45) is 11.8 Å². The smallest absolute Gasteiger partial charge is 0.237 e. The van der Waals surface area contributed by atoms with E-state index < -0.39 is 0 Å². The molecule has 8 atom stereocenters. The monoisotopic (exact) mass is 437 g/mol. The average Bonchev–Trinajstić information content (AvgIpc) is 3.36. The van der Waals surface area contributed by atoms with Crippen LogP contribution >= 0.6 is 0 Å². The number of nitrogens with one attached hydrogen (secondary N) is 4. The minimum absolute atomic E-state index is 0.121. The van der Waals surface area contributed by atoms with E-state index in [1.54, 1.807) is 0 Å². The van der Waals surface area contributed by atoms with E-state index in [0.717, 1.165) is 64.6 Å². The standard InChI is InChI=1S/C23H43N5O3/c1-15(10-22-27-25-14-28(22)2)16-4-3-5-17(11-16)26-23(30)21-13-20(8-9-24-21)31-19-7-6-18(29)12-19/h15-22,24-25,27,29H,3-14H2,1-2H3,(H,26,30)/t15-,16?,17?,18+,19-,20?,21?,22?/m1/s1. The van der Waals surface area contributed by atoms with Crippen molar-refractivity contribution >= 4 is 5.91 Å². The van der Waals surface area contributed by atoms with Crippen LogP contribution in [-0.2, 0) is 9.53 Å². The molecule has 1 amide bonds. The summed E-state index contributed by atoms with van der Waals surface area (Å²) in [5.41, 5.74) is 6.59. The Labute approximate surface area is 187 Å². The molecule has 8 nitrogen and oxygen atoms in total. The first-order chi connectivity index (χ1) is 15.0. The Morgan fingerprint density at radius 2 is 2.00 bits per heavy atom. The number of hydrogen-bond acceptors (Lipinski definition) is 7. The summed E-state index contributed by atoms with van der Waals surface area (Å²) in [5.74, 6) is 1.44. The third kappa shape index (κ3) is 6.39. The molecule has 0 radical (unpaired) electrons. The molecule has 5 unspecified atom stereocenters. The minimum Gasteiger partial charge on any atom is -0.393 e. The first kappa shape index (κ1) is 23.4. The van der Waals surface area contributed by atoms with E-state index in [-0.39, 0.29) is 36.3 Å². The summed E-state index contributed by atoms with van der Waals surface area (Å²) >= 11 is 0. The molecule has 8 heteroatoms. The molecule has 178 valence electrons. The van der Waals surface area contributed by atoms with Crippen LogP contribution in [0.15, 0.2) is 0 Å². The van der Waals surface area contributed by atoms with Gasteiger partial charge in [-0.2, -0.15) is 0 Å². The molecule has 2 saturated heterocycles. The van der Waals surface area contributed by atoms with Crippen LogP contribution in [0.2, 0.25) is 0 Å². The quantitative estimate of drug-likeness (QED) is 0.406. The van der Waals surface area contributed by atoms with Crippen LogP contribution in [0.1, 0.15) is 71.1 Å². The van der Waals surface area contributed by atoms with Crippen LogP contribution < -0.4 is 21.5 Å². The molecule has 5 N–H and O–H groups in total. The van der Waals surface area contributed by atoms with Gasteiger partial charge >= 0.3 is 0 Å². The maximum atomic E-state index is 13.0. The van der Waals surface area contributed by atoms with Gasteiger partial charge in [0.15, 0.2) is 0 Å². The van der Waals surface area contributed by atoms with Crippen LogP contribution in [0.25, 0.3) is 0 Å². The highest BCUT2D eigenvalue weighted by Gasteiger charge is 2.34. The molecule has 31 heavy (non-hydrogen) atoms. The number of ether oxygens (including phenoxy) is 1. The fraction of sp³-hybridized carbons (Fsp3) is 0.957. The van der Waals surface area contributed by atoms with Gasteiger partial charge in [-0.05, 0) is 76.8 Å². The zero-order valence-corrected chi connectivity index (χ0v) is 19.3. The summed E-state index contributed by atoms with van der Waals surface area (Å²) in [4.78, 5) is 15.3. The second-order valence-electron chi connectivity index (χ2n) is 10.5. The molecule has 4 aliphatic rings. The normalized spacial score (nSPS) is 40.7. The van der Waals surface area contributed by atoms with Crippen LogP contribution in [0, 0.1) is 11.8 Å². The van der Waals surface area contributed by atoms with E-state index >= 15 is 0 Å². The average molecular weight is 438 g/mol. The van der Waals surface area contributed by atoms with Crippen molar-refractivity contribution in [3.63, 3.8) is 0 Å². The first-order valence-corrected chi connectivity index (χ1v) is 12.5. The minimum atomic E-state index is -0.214. The number of carbonyl (C=O) groups excluding carboxylic acids is 1. The number of piperidine rings is 1. The molecule has 2 aliphatic carbocycles. The number of rotatable bonds is 7. The van der Waals surface area contributed by atoms with Crippen molar-refractivity contribution in [2.45, 2.75) is 108 Å². The van der Waals surface area contributed by atoms with Gasteiger partial charge in [-0.25, -0.2) is 10.9 Å². The Hall–Kier alpha value is -0.770. The largest absolute Gasteiger partial charge is 0.393 e. The number of nitrogens with zero attached hydrogens (tertiary/aromatic N) is 1. The second-order valence-corrected chi connectivity index (χ2v) is 10.5. The number of amides is 1. The highest BCUT2D eigenvalue weighted by molar-refractivity contribution is 5.82. The van der Waals surface area contributed by atoms with Crippen molar-refractivity contribution in [1.29, 1.82) is 0 Å². The van der Waals surface area contributed by atoms with E-state index in [1.165, 1.54) is 12.8 Å². The second kappa shape index (κ2) is 10.9. The Kier molecular flexibility index (Phi) is 8.22. The zero-order chi connectivity index (χ0) is 21.8. The number of aliphatic hydroxyl groups is 1. The molecule has 2 saturated carbocycles. The number of hydrazine groups is 1. The van der Waals surface area contributed by atoms with Crippen LogP contribution in [0.3, 0.4) is 0 Å². The number of hydrogen-bond donors (Lipinski definition) is 5. The summed E-state index contributed by atoms with van der Waals surface area (Å²) in [6.45, 7) is 4.08. The molecule has 0 aromatic carbocycles. The van der Waals surface area contributed by atoms with Gasteiger partial charge in [-0.1, -0.05) is 19.8 Å². The Balaban J connectivity index is 1.22. The lowest BCUT2D eigenvalue weighted by Gasteiger charge is -2.36. The summed E-state index contributed by atoms with van der Waals surface area (Å²) in [7, 11) is 2.15. The predicted molar refractivity (Wildman–Crippen MR) is 120 cm³/mol. The van der Waals surface area contributed by atoms with Gasteiger partial charge in [0.1, 0.15) is 0 Å². The van der Waals surface area contributed by atoms with E-state index in [2.05, 4.69) is 40.4 Å². The van der Waals surface area contributed by atoms with Crippen molar-refractivity contribution < 1.29 is 14.6 Å². The van der Waals surface area contributed by atoms with Crippen molar-refractivity contribution in [3.8, 4) is 0 Å². The highest BCUT2D eigenvalue weighted by atomic mass is 16.5. The lowest BCUT2D eigenvalue weighted by molar-refractivity contribution is -0.127. The maximum absolute atomic E-state index is 13.0. The maximum Gasteiger partial charge on any atom is 0.237 e. The lowest BCUT2D eigenvalue weighted by Crippen LogP contribution is -2.53. The van der Waals surface area contributed by atoms with Crippen LogP contribution in [0.4, 0.5) is 0 Å². The van der Waals surface area contributed by atoms with E-state index in [9.17, 15) is 9.90 Å². The van der Waals surface area contributed by atoms with Crippen LogP contribution in [0.5, 0.6) is 0 Å². The fourth-order valence-corrected chi connectivity index (χ4v) is 5.99. The summed E-state index contributed by atoms with van der Waals surface area (Å²) in [6.07, 6.45) is 10.4. The van der Waals surface area contributed by atoms with Crippen molar-refractivity contribution in [2.75, 3.05) is 20.3 Å². The Morgan fingerprint density at radius 3 is 2.74 bits per heavy atom. The van der Waals surface area contributed by atoms with E-state index in [4.69, 9.17) is 4.74 Å².